The molecule has 0 bridgehead atoms. The second kappa shape index (κ2) is 5.66. The molecule has 2 amide bonds. The van der Waals surface area contributed by atoms with Crippen molar-refractivity contribution in [2.75, 3.05) is 13.6 Å². The Labute approximate surface area is 74.7 Å². The van der Waals surface area contributed by atoms with Gasteiger partial charge in [0.1, 0.15) is 0 Å². The Hall–Kier alpha value is -0.940. The van der Waals surface area contributed by atoms with E-state index in [0.717, 1.165) is 0 Å². The van der Waals surface area contributed by atoms with Crippen LogP contribution >= 0.6 is 0 Å². The van der Waals surface area contributed by atoms with E-state index in [9.17, 15) is 18.0 Å². The van der Waals surface area contributed by atoms with E-state index >= 15 is 0 Å². The Morgan fingerprint density at radius 2 is 1.92 bits per heavy atom. The van der Waals surface area contributed by atoms with Crippen LogP contribution in [0.25, 0.3) is 0 Å². The lowest BCUT2D eigenvalue weighted by molar-refractivity contribution is -0.135. The van der Waals surface area contributed by atoms with Gasteiger partial charge in [-0.05, 0) is 12.8 Å². The minimum Gasteiger partial charge on any atom is -0.341 e. The molecule has 0 heterocycles. The number of amides is 2. The molecular weight excluding hydrogens is 185 g/mol. The van der Waals surface area contributed by atoms with Crippen molar-refractivity contribution < 1.29 is 18.0 Å². The van der Waals surface area contributed by atoms with Crippen LogP contribution in [0.1, 0.15) is 19.3 Å². The monoisotopic (exact) mass is 198 g/mol. The van der Waals surface area contributed by atoms with Crippen LogP contribution in [0.4, 0.5) is 18.0 Å². The Morgan fingerprint density at radius 1 is 1.31 bits per heavy atom. The molecular formula is C7H13F3N2O. The van der Waals surface area contributed by atoms with Gasteiger partial charge in [-0.25, -0.2) is 4.79 Å². The van der Waals surface area contributed by atoms with Crippen molar-refractivity contribution in [3.63, 3.8) is 0 Å². The van der Waals surface area contributed by atoms with Crippen LogP contribution in [-0.4, -0.2) is 25.8 Å². The average Bonchev–Trinajstić information content (AvgIpc) is 2.01. The Balaban J connectivity index is 3.22. The molecule has 0 aliphatic carbocycles. The van der Waals surface area contributed by atoms with E-state index in [1.165, 1.54) is 7.05 Å². The molecule has 0 unspecified atom stereocenters. The molecule has 0 spiro atoms. The van der Waals surface area contributed by atoms with Crippen LogP contribution in [0, 0.1) is 0 Å². The number of alkyl halides is 3. The molecule has 6 heteroatoms. The van der Waals surface area contributed by atoms with Gasteiger partial charge in [0.05, 0.1) is 0 Å². The fourth-order valence-electron chi connectivity index (χ4n) is 0.741. The van der Waals surface area contributed by atoms with E-state index in [4.69, 9.17) is 0 Å². The van der Waals surface area contributed by atoms with E-state index in [2.05, 4.69) is 10.6 Å². The predicted molar refractivity (Wildman–Crippen MR) is 42.4 cm³/mol. The van der Waals surface area contributed by atoms with Crippen LogP contribution < -0.4 is 10.6 Å². The molecule has 0 aromatic rings. The lowest BCUT2D eigenvalue weighted by atomic mass is 10.2. The van der Waals surface area contributed by atoms with Crippen LogP contribution in [0.15, 0.2) is 0 Å². The Morgan fingerprint density at radius 3 is 2.38 bits per heavy atom. The molecule has 0 aliphatic heterocycles. The summed E-state index contributed by atoms with van der Waals surface area (Å²) in [6.07, 6.45) is -4.49. The molecule has 13 heavy (non-hydrogen) atoms. The average molecular weight is 198 g/mol. The largest absolute Gasteiger partial charge is 0.389 e. The lowest BCUT2D eigenvalue weighted by Gasteiger charge is -2.06. The third-order valence-corrected chi connectivity index (χ3v) is 1.40. The Bertz CT molecular complexity index is 158. The van der Waals surface area contributed by atoms with E-state index in [1.807, 2.05) is 0 Å². The maximum Gasteiger partial charge on any atom is 0.389 e. The first-order chi connectivity index (χ1) is 5.95. The quantitative estimate of drug-likeness (QED) is 0.662. The first kappa shape index (κ1) is 12.1. The number of hydrogen-bond donors (Lipinski definition) is 2. The van der Waals surface area contributed by atoms with E-state index in [1.54, 1.807) is 0 Å². The minimum absolute atomic E-state index is 0.0491. The molecule has 0 saturated carbocycles. The SMILES string of the molecule is CNC(=O)NCCCCC(F)(F)F. The summed E-state index contributed by atoms with van der Waals surface area (Å²) in [6.45, 7) is 0.274. The van der Waals surface area contributed by atoms with Crippen molar-refractivity contribution in [3.8, 4) is 0 Å². The minimum atomic E-state index is -4.09. The van der Waals surface area contributed by atoms with Gasteiger partial charge in [-0.15, -0.1) is 0 Å². The number of hydrogen-bond acceptors (Lipinski definition) is 1. The summed E-state index contributed by atoms with van der Waals surface area (Å²) < 4.78 is 34.8. The molecule has 0 atom stereocenters. The number of halogens is 3. The standard InChI is InChI=1S/C7H13F3N2O/c1-11-6(13)12-5-3-2-4-7(8,9)10/h2-5H2,1H3,(H2,11,12,13). The summed E-state index contributed by atoms with van der Waals surface area (Å²) in [7, 11) is 1.45. The summed E-state index contributed by atoms with van der Waals surface area (Å²) in [4.78, 5) is 10.5. The maximum atomic E-state index is 11.6. The number of rotatable bonds is 4. The molecule has 0 fully saturated rings. The summed E-state index contributed by atoms with van der Waals surface area (Å²) in [5, 5.41) is 4.70. The Kier molecular flexibility index (Phi) is 5.25. The number of carbonyl (C=O) groups excluding carboxylic acids is 1. The summed E-state index contributed by atoms with van der Waals surface area (Å²) in [5.41, 5.74) is 0. The molecule has 78 valence electrons. The maximum absolute atomic E-state index is 11.6. The normalized spacial score (nSPS) is 11.1. The van der Waals surface area contributed by atoms with Gasteiger partial charge in [0, 0.05) is 20.0 Å². The topological polar surface area (TPSA) is 41.1 Å². The molecule has 0 aromatic carbocycles. The van der Waals surface area contributed by atoms with E-state index < -0.39 is 12.6 Å². The highest BCUT2D eigenvalue weighted by atomic mass is 19.4. The van der Waals surface area contributed by atoms with Crippen LogP contribution in [0.3, 0.4) is 0 Å². The summed E-state index contributed by atoms with van der Waals surface area (Å²) in [6, 6.07) is -0.369. The molecule has 0 aliphatic rings. The van der Waals surface area contributed by atoms with Gasteiger partial charge in [0.15, 0.2) is 0 Å². The van der Waals surface area contributed by atoms with Gasteiger partial charge < -0.3 is 10.6 Å². The highest BCUT2D eigenvalue weighted by Crippen LogP contribution is 2.21. The zero-order chi connectivity index (χ0) is 10.3. The van der Waals surface area contributed by atoms with Crippen molar-refractivity contribution in [3.05, 3.63) is 0 Å². The highest BCUT2D eigenvalue weighted by molar-refractivity contribution is 5.73. The van der Waals surface area contributed by atoms with Gasteiger partial charge in [0.2, 0.25) is 0 Å². The smallest absolute Gasteiger partial charge is 0.341 e. The number of carbonyl (C=O) groups is 1. The van der Waals surface area contributed by atoms with Crippen molar-refractivity contribution in [1.29, 1.82) is 0 Å². The zero-order valence-corrected chi connectivity index (χ0v) is 7.37. The van der Waals surface area contributed by atoms with Gasteiger partial charge in [-0.2, -0.15) is 13.2 Å². The number of nitrogens with one attached hydrogen (secondary N) is 2. The summed E-state index contributed by atoms with van der Waals surface area (Å²) in [5.74, 6) is 0. The summed E-state index contributed by atoms with van der Waals surface area (Å²) >= 11 is 0. The molecule has 3 nitrogen and oxygen atoms in total. The molecule has 0 rings (SSSR count). The third kappa shape index (κ3) is 8.97. The van der Waals surface area contributed by atoms with Crippen molar-refractivity contribution >= 4 is 6.03 Å². The zero-order valence-electron chi connectivity index (χ0n) is 7.37. The predicted octanol–water partition coefficient (Wildman–Crippen LogP) is 1.65. The van der Waals surface area contributed by atoms with Crippen molar-refractivity contribution in [2.24, 2.45) is 0 Å². The van der Waals surface area contributed by atoms with Gasteiger partial charge in [-0.3, -0.25) is 0 Å². The second-order valence-electron chi connectivity index (χ2n) is 2.58. The third-order valence-electron chi connectivity index (χ3n) is 1.40. The first-order valence-corrected chi connectivity index (χ1v) is 3.98. The first-order valence-electron chi connectivity index (χ1n) is 3.98. The van der Waals surface area contributed by atoms with E-state index in [0.29, 0.717) is 6.42 Å². The number of unbranched alkanes of at least 4 members (excludes halogenated alkanes) is 1. The van der Waals surface area contributed by atoms with Crippen LogP contribution in [0.2, 0.25) is 0 Å². The fourth-order valence-corrected chi connectivity index (χ4v) is 0.741. The van der Waals surface area contributed by atoms with Gasteiger partial charge >= 0.3 is 12.2 Å². The van der Waals surface area contributed by atoms with Crippen molar-refractivity contribution in [1.82, 2.24) is 10.6 Å². The molecule has 0 aromatic heterocycles. The molecule has 0 saturated heterocycles. The van der Waals surface area contributed by atoms with Crippen LogP contribution in [-0.2, 0) is 0 Å². The number of urea groups is 1. The van der Waals surface area contributed by atoms with Gasteiger partial charge in [-0.1, -0.05) is 0 Å². The lowest BCUT2D eigenvalue weighted by Crippen LogP contribution is -2.33. The van der Waals surface area contributed by atoms with Crippen LogP contribution in [0.5, 0.6) is 0 Å². The van der Waals surface area contributed by atoms with E-state index in [-0.39, 0.29) is 19.0 Å². The van der Waals surface area contributed by atoms with Crippen molar-refractivity contribution in [2.45, 2.75) is 25.4 Å². The highest BCUT2D eigenvalue weighted by Gasteiger charge is 2.25. The second-order valence-corrected chi connectivity index (χ2v) is 2.58. The van der Waals surface area contributed by atoms with Gasteiger partial charge in [0.25, 0.3) is 0 Å². The molecule has 2 N–H and O–H groups in total. The fraction of sp³-hybridized carbons (Fsp3) is 0.857. The molecule has 0 radical (unpaired) electrons.